The standard InChI is InChI=1S/C16H26N2O3/c1-19-13-8-7-12(11-14(13)20-2)15(18-17)16(21-3)9-5-4-6-10-16/h7-8,11,15,18H,4-6,9-10,17H2,1-3H3. The third-order valence-corrected chi connectivity index (χ3v) is 4.54. The molecule has 0 heterocycles. The molecule has 1 atom stereocenters. The molecular weight excluding hydrogens is 268 g/mol. The first-order chi connectivity index (χ1) is 10.2. The minimum absolute atomic E-state index is 0.0670. The molecular formula is C16H26N2O3. The summed E-state index contributed by atoms with van der Waals surface area (Å²) in [5.74, 6) is 7.28. The molecule has 0 aromatic heterocycles. The van der Waals surface area contributed by atoms with E-state index in [2.05, 4.69) is 5.43 Å². The van der Waals surface area contributed by atoms with Gasteiger partial charge in [-0.3, -0.25) is 11.3 Å². The average molecular weight is 294 g/mol. The Morgan fingerprint density at radius 3 is 2.24 bits per heavy atom. The van der Waals surface area contributed by atoms with Crippen LogP contribution in [-0.4, -0.2) is 26.9 Å². The van der Waals surface area contributed by atoms with Crippen LogP contribution in [0.5, 0.6) is 11.5 Å². The molecule has 1 saturated carbocycles. The number of ether oxygens (including phenoxy) is 3. The molecule has 1 aromatic carbocycles. The van der Waals surface area contributed by atoms with Crippen molar-refractivity contribution in [1.82, 2.24) is 5.43 Å². The van der Waals surface area contributed by atoms with E-state index in [1.807, 2.05) is 18.2 Å². The fourth-order valence-electron chi connectivity index (χ4n) is 3.35. The summed E-state index contributed by atoms with van der Waals surface area (Å²) in [4.78, 5) is 0. The molecule has 5 nitrogen and oxygen atoms in total. The highest BCUT2D eigenvalue weighted by molar-refractivity contribution is 5.44. The molecule has 0 aliphatic heterocycles. The summed E-state index contributed by atoms with van der Waals surface area (Å²) in [6.07, 6.45) is 5.60. The summed E-state index contributed by atoms with van der Waals surface area (Å²) in [5, 5.41) is 0. The largest absolute Gasteiger partial charge is 0.493 e. The Balaban J connectivity index is 2.35. The smallest absolute Gasteiger partial charge is 0.161 e. The van der Waals surface area contributed by atoms with E-state index in [1.165, 1.54) is 19.3 Å². The second-order valence-corrected chi connectivity index (χ2v) is 5.54. The Hall–Kier alpha value is -1.30. The molecule has 21 heavy (non-hydrogen) atoms. The first kappa shape index (κ1) is 16.1. The summed E-state index contributed by atoms with van der Waals surface area (Å²) in [6.45, 7) is 0. The van der Waals surface area contributed by atoms with Crippen LogP contribution in [0.1, 0.15) is 43.7 Å². The Morgan fingerprint density at radius 1 is 1.05 bits per heavy atom. The van der Waals surface area contributed by atoms with E-state index in [1.54, 1.807) is 21.3 Å². The van der Waals surface area contributed by atoms with Crippen LogP contribution in [0.3, 0.4) is 0 Å². The van der Waals surface area contributed by atoms with E-state index >= 15 is 0 Å². The number of nitrogens with one attached hydrogen (secondary N) is 1. The van der Waals surface area contributed by atoms with Gasteiger partial charge in [0.1, 0.15) is 0 Å². The van der Waals surface area contributed by atoms with Crippen LogP contribution in [0.4, 0.5) is 0 Å². The normalized spacial score (nSPS) is 19.0. The molecule has 1 aliphatic carbocycles. The van der Waals surface area contributed by atoms with Gasteiger partial charge in [-0.05, 0) is 30.5 Å². The van der Waals surface area contributed by atoms with E-state index in [0.717, 1.165) is 18.4 Å². The number of hydrazine groups is 1. The molecule has 1 unspecified atom stereocenters. The highest BCUT2D eigenvalue weighted by atomic mass is 16.5. The lowest BCUT2D eigenvalue weighted by atomic mass is 9.77. The van der Waals surface area contributed by atoms with Gasteiger partial charge in [-0.15, -0.1) is 0 Å². The lowest BCUT2D eigenvalue weighted by molar-refractivity contribution is -0.0689. The summed E-state index contributed by atoms with van der Waals surface area (Å²) < 4.78 is 16.6. The van der Waals surface area contributed by atoms with Crippen LogP contribution in [0.25, 0.3) is 0 Å². The van der Waals surface area contributed by atoms with Crippen LogP contribution in [0.2, 0.25) is 0 Å². The second-order valence-electron chi connectivity index (χ2n) is 5.54. The van der Waals surface area contributed by atoms with Crippen molar-refractivity contribution in [3.8, 4) is 11.5 Å². The molecule has 1 fully saturated rings. The first-order valence-electron chi connectivity index (χ1n) is 7.44. The van der Waals surface area contributed by atoms with Gasteiger partial charge in [0.15, 0.2) is 11.5 Å². The van der Waals surface area contributed by atoms with Crippen molar-refractivity contribution in [3.63, 3.8) is 0 Å². The lowest BCUT2D eigenvalue weighted by Crippen LogP contribution is -2.49. The predicted octanol–water partition coefficient (Wildman–Crippen LogP) is 2.56. The van der Waals surface area contributed by atoms with Crippen LogP contribution < -0.4 is 20.7 Å². The van der Waals surface area contributed by atoms with Gasteiger partial charge in [-0.25, -0.2) is 0 Å². The number of rotatable bonds is 6. The molecule has 0 radical (unpaired) electrons. The number of hydrogen-bond donors (Lipinski definition) is 2. The number of methoxy groups -OCH3 is 3. The summed E-state index contributed by atoms with van der Waals surface area (Å²) in [6, 6.07) is 5.83. The van der Waals surface area contributed by atoms with Gasteiger partial charge < -0.3 is 14.2 Å². The number of hydrogen-bond acceptors (Lipinski definition) is 5. The molecule has 0 spiro atoms. The van der Waals surface area contributed by atoms with E-state index in [-0.39, 0.29) is 11.6 Å². The van der Waals surface area contributed by atoms with Crippen LogP contribution >= 0.6 is 0 Å². The predicted molar refractivity (Wildman–Crippen MR) is 82.4 cm³/mol. The average Bonchev–Trinajstić information content (AvgIpc) is 2.56. The van der Waals surface area contributed by atoms with E-state index in [4.69, 9.17) is 20.1 Å². The molecule has 0 saturated heterocycles. The number of nitrogens with two attached hydrogens (primary N) is 1. The zero-order valence-corrected chi connectivity index (χ0v) is 13.1. The minimum Gasteiger partial charge on any atom is -0.493 e. The van der Waals surface area contributed by atoms with Crippen molar-refractivity contribution in [2.75, 3.05) is 21.3 Å². The highest BCUT2D eigenvalue weighted by Gasteiger charge is 2.40. The van der Waals surface area contributed by atoms with E-state index in [9.17, 15) is 0 Å². The molecule has 2 rings (SSSR count). The summed E-state index contributed by atoms with van der Waals surface area (Å²) in [5.41, 5.74) is 3.74. The second kappa shape index (κ2) is 7.11. The van der Waals surface area contributed by atoms with Gasteiger partial charge in [0, 0.05) is 7.11 Å². The lowest BCUT2D eigenvalue weighted by Gasteiger charge is -2.42. The molecule has 1 aliphatic rings. The molecule has 118 valence electrons. The van der Waals surface area contributed by atoms with Crippen molar-refractivity contribution >= 4 is 0 Å². The quantitative estimate of drug-likeness (QED) is 0.623. The monoisotopic (exact) mass is 294 g/mol. The van der Waals surface area contributed by atoms with E-state index < -0.39 is 0 Å². The zero-order chi connectivity index (χ0) is 15.3. The summed E-state index contributed by atoms with van der Waals surface area (Å²) in [7, 11) is 5.05. The molecule has 5 heteroatoms. The topological polar surface area (TPSA) is 65.7 Å². The Morgan fingerprint density at radius 2 is 1.71 bits per heavy atom. The highest BCUT2D eigenvalue weighted by Crippen LogP contribution is 2.42. The van der Waals surface area contributed by atoms with Crippen molar-refractivity contribution in [2.24, 2.45) is 5.84 Å². The van der Waals surface area contributed by atoms with Crippen LogP contribution in [-0.2, 0) is 4.74 Å². The first-order valence-corrected chi connectivity index (χ1v) is 7.44. The number of benzene rings is 1. The molecule has 1 aromatic rings. The van der Waals surface area contributed by atoms with Gasteiger partial charge >= 0.3 is 0 Å². The minimum atomic E-state index is -0.257. The zero-order valence-electron chi connectivity index (χ0n) is 13.1. The van der Waals surface area contributed by atoms with Crippen molar-refractivity contribution < 1.29 is 14.2 Å². The van der Waals surface area contributed by atoms with Crippen LogP contribution in [0, 0.1) is 0 Å². The maximum Gasteiger partial charge on any atom is 0.161 e. The van der Waals surface area contributed by atoms with E-state index in [0.29, 0.717) is 11.5 Å². The van der Waals surface area contributed by atoms with Crippen molar-refractivity contribution in [2.45, 2.75) is 43.7 Å². The van der Waals surface area contributed by atoms with Crippen LogP contribution in [0.15, 0.2) is 18.2 Å². The van der Waals surface area contributed by atoms with Crippen molar-refractivity contribution in [1.29, 1.82) is 0 Å². The summed E-state index contributed by atoms with van der Waals surface area (Å²) >= 11 is 0. The fraction of sp³-hybridized carbons (Fsp3) is 0.625. The van der Waals surface area contributed by atoms with Crippen molar-refractivity contribution in [3.05, 3.63) is 23.8 Å². The fourth-order valence-corrected chi connectivity index (χ4v) is 3.35. The Labute approximate surface area is 126 Å². The van der Waals surface area contributed by atoms with Gasteiger partial charge in [0.2, 0.25) is 0 Å². The third-order valence-electron chi connectivity index (χ3n) is 4.54. The molecule has 0 amide bonds. The van der Waals surface area contributed by atoms with Gasteiger partial charge in [0.25, 0.3) is 0 Å². The van der Waals surface area contributed by atoms with Gasteiger partial charge in [0.05, 0.1) is 25.9 Å². The Kier molecular flexibility index (Phi) is 5.45. The molecule has 0 bridgehead atoms. The molecule has 3 N–H and O–H groups in total. The SMILES string of the molecule is COc1ccc(C(NN)C2(OC)CCCCC2)cc1OC. The van der Waals surface area contributed by atoms with Gasteiger partial charge in [-0.2, -0.15) is 0 Å². The Bertz CT molecular complexity index is 459. The maximum atomic E-state index is 5.90. The maximum absolute atomic E-state index is 5.90. The van der Waals surface area contributed by atoms with Gasteiger partial charge in [-0.1, -0.05) is 25.3 Å². The third kappa shape index (κ3) is 3.15.